The van der Waals surface area contributed by atoms with Crippen molar-refractivity contribution in [2.45, 2.75) is 70.1 Å². The Morgan fingerprint density at radius 3 is 2.90 bits per heavy atom. The molecular formula is C18H27NO2. The molecule has 3 unspecified atom stereocenters. The molecule has 0 heterocycles. The van der Waals surface area contributed by atoms with E-state index in [0.29, 0.717) is 6.04 Å². The maximum Gasteiger partial charge on any atom is 0.124 e. The van der Waals surface area contributed by atoms with Gasteiger partial charge in [0.2, 0.25) is 0 Å². The molecule has 3 rings (SSSR count). The Morgan fingerprint density at radius 2 is 2.10 bits per heavy atom. The minimum atomic E-state index is -0.300. The number of fused-ring (bicyclic) bond motifs is 1. The van der Waals surface area contributed by atoms with Gasteiger partial charge in [0.25, 0.3) is 0 Å². The van der Waals surface area contributed by atoms with Crippen LogP contribution in [-0.4, -0.2) is 23.9 Å². The number of nitrogens with one attached hydrogen (secondary N) is 1. The molecule has 0 saturated heterocycles. The van der Waals surface area contributed by atoms with Gasteiger partial charge < -0.3 is 15.2 Å². The summed E-state index contributed by atoms with van der Waals surface area (Å²) < 4.78 is 6.04. The predicted molar refractivity (Wildman–Crippen MR) is 84.7 cm³/mol. The fourth-order valence-electron chi connectivity index (χ4n) is 3.59. The minimum absolute atomic E-state index is 0.0211. The number of aliphatic hydroxyl groups excluding tert-OH is 1. The standard InChI is InChI=1S/C18H27NO2/c1-2-11-19-16-10-7-13-12-14(8-9-15(13)16)21-18-6-4-3-5-17(18)20/h8-9,12,16-20H,2-7,10-11H2,1H3. The van der Waals surface area contributed by atoms with E-state index in [-0.39, 0.29) is 12.2 Å². The molecule has 0 amide bonds. The monoisotopic (exact) mass is 289 g/mol. The molecule has 3 atom stereocenters. The van der Waals surface area contributed by atoms with E-state index in [1.807, 2.05) is 0 Å². The Balaban J connectivity index is 1.66. The van der Waals surface area contributed by atoms with Crippen LogP contribution in [0.2, 0.25) is 0 Å². The number of aliphatic hydroxyl groups is 1. The molecule has 116 valence electrons. The summed E-state index contributed by atoms with van der Waals surface area (Å²) in [6.45, 7) is 3.28. The lowest BCUT2D eigenvalue weighted by Crippen LogP contribution is -2.34. The highest BCUT2D eigenvalue weighted by atomic mass is 16.5. The Morgan fingerprint density at radius 1 is 1.24 bits per heavy atom. The zero-order chi connectivity index (χ0) is 14.7. The van der Waals surface area contributed by atoms with Crippen molar-refractivity contribution in [3.8, 4) is 5.75 Å². The largest absolute Gasteiger partial charge is 0.488 e. The van der Waals surface area contributed by atoms with Crippen LogP contribution in [0.4, 0.5) is 0 Å². The molecule has 0 spiro atoms. The second-order valence-corrected chi connectivity index (χ2v) is 6.41. The van der Waals surface area contributed by atoms with E-state index in [9.17, 15) is 5.11 Å². The van der Waals surface area contributed by atoms with Crippen molar-refractivity contribution in [3.63, 3.8) is 0 Å². The number of hydrogen-bond acceptors (Lipinski definition) is 3. The van der Waals surface area contributed by atoms with Crippen LogP contribution >= 0.6 is 0 Å². The zero-order valence-electron chi connectivity index (χ0n) is 13.0. The summed E-state index contributed by atoms with van der Waals surface area (Å²) in [6.07, 6.45) is 7.29. The summed E-state index contributed by atoms with van der Waals surface area (Å²) in [6, 6.07) is 6.98. The molecule has 2 N–H and O–H groups in total. The van der Waals surface area contributed by atoms with Crippen LogP contribution in [0.3, 0.4) is 0 Å². The Hall–Kier alpha value is -1.06. The molecule has 3 nitrogen and oxygen atoms in total. The van der Waals surface area contributed by atoms with Gasteiger partial charge in [-0.15, -0.1) is 0 Å². The number of rotatable bonds is 5. The maximum absolute atomic E-state index is 10.0. The van der Waals surface area contributed by atoms with Gasteiger partial charge in [0, 0.05) is 6.04 Å². The fraction of sp³-hybridized carbons (Fsp3) is 0.667. The first kappa shape index (κ1) is 14.9. The van der Waals surface area contributed by atoms with Crippen LogP contribution in [0.25, 0.3) is 0 Å². The molecule has 2 aliphatic carbocycles. The van der Waals surface area contributed by atoms with E-state index in [1.165, 1.54) is 24.0 Å². The van der Waals surface area contributed by atoms with Gasteiger partial charge in [-0.2, -0.15) is 0 Å². The van der Waals surface area contributed by atoms with Crippen molar-refractivity contribution in [3.05, 3.63) is 29.3 Å². The lowest BCUT2D eigenvalue weighted by atomic mass is 9.95. The zero-order valence-corrected chi connectivity index (χ0v) is 13.0. The van der Waals surface area contributed by atoms with Crippen molar-refractivity contribution in [2.75, 3.05) is 6.54 Å². The van der Waals surface area contributed by atoms with Crippen LogP contribution in [0, 0.1) is 0 Å². The topological polar surface area (TPSA) is 41.5 Å². The van der Waals surface area contributed by atoms with Gasteiger partial charge in [-0.05, 0) is 68.3 Å². The molecule has 21 heavy (non-hydrogen) atoms. The molecule has 1 fully saturated rings. The molecule has 1 saturated carbocycles. The molecule has 0 aromatic heterocycles. The molecule has 0 bridgehead atoms. The normalized spacial score (nSPS) is 28.4. The first-order chi connectivity index (χ1) is 10.3. The van der Waals surface area contributed by atoms with E-state index in [1.54, 1.807) is 0 Å². The van der Waals surface area contributed by atoms with Gasteiger partial charge in [0.15, 0.2) is 0 Å². The van der Waals surface area contributed by atoms with Gasteiger partial charge >= 0.3 is 0 Å². The molecule has 1 aromatic carbocycles. The second-order valence-electron chi connectivity index (χ2n) is 6.41. The Labute approximate surface area is 127 Å². The maximum atomic E-state index is 10.0. The third kappa shape index (κ3) is 3.41. The van der Waals surface area contributed by atoms with E-state index in [0.717, 1.165) is 44.4 Å². The van der Waals surface area contributed by atoms with Crippen LogP contribution in [0.15, 0.2) is 18.2 Å². The summed E-state index contributed by atoms with van der Waals surface area (Å²) >= 11 is 0. The highest BCUT2D eigenvalue weighted by Gasteiger charge is 2.26. The predicted octanol–water partition coefficient (Wildman–Crippen LogP) is 3.36. The fourth-order valence-corrected chi connectivity index (χ4v) is 3.59. The molecule has 0 radical (unpaired) electrons. The van der Waals surface area contributed by atoms with Crippen molar-refractivity contribution >= 4 is 0 Å². The van der Waals surface area contributed by atoms with Crippen LogP contribution < -0.4 is 10.1 Å². The van der Waals surface area contributed by atoms with Crippen molar-refractivity contribution in [1.29, 1.82) is 0 Å². The summed E-state index contributed by atoms with van der Waals surface area (Å²) in [5.41, 5.74) is 2.84. The van der Waals surface area contributed by atoms with Crippen LogP contribution in [0.5, 0.6) is 5.75 Å². The van der Waals surface area contributed by atoms with Crippen molar-refractivity contribution in [1.82, 2.24) is 5.32 Å². The molecule has 0 aliphatic heterocycles. The lowest BCUT2D eigenvalue weighted by molar-refractivity contribution is 0.00684. The molecular weight excluding hydrogens is 262 g/mol. The number of ether oxygens (including phenoxy) is 1. The second kappa shape index (κ2) is 6.80. The third-order valence-corrected chi connectivity index (χ3v) is 4.79. The van der Waals surface area contributed by atoms with Crippen molar-refractivity contribution < 1.29 is 9.84 Å². The molecule has 2 aliphatic rings. The van der Waals surface area contributed by atoms with E-state index >= 15 is 0 Å². The van der Waals surface area contributed by atoms with Crippen LogP contribution in [0.1, 0.15) is 62.6 Å². The Kier molecular flexibility index (Phi) is 4.81. The number of benzene rings is 1. The van der Waals surface area contributed by atoms with Gasteiger partial charge in [-0.3, -0.25) is 0 Å². The average Bonchev–Trinajstić information content (AvgIpc) is 2.90. The minimum Gasteiger partial charge on any atom is -0.488 e. The highest BCUT2D eigenvalue weighted by molar-refractivity contribution is 5.40. The van der Waals surface area contributed by atoms with Crippen molar-refractivity contribution in [2.24, 2.45) is 0 Å². The van der Waals surface area contributed by atoms with Gasteiger partial charge in [-0.1, -0.05) is 19.4 Å². The Bertz CT molecular complexity index is 474. The summed E-state index contributed by atoms with van der Waals surface area (Å²) in [4.78, 5) is 0. The highest BCUT2D eigenvalue weighted by Crippen LogP contribution is 2.34. The van der Waals surface area contributed by atoms with E-state index < -0.39 is 0 Å². The summed E-state index contributed by atoms with van der Waals surface area (Å²) in [7, 11) is 0. The first-order valence-corrected chi connectivity index (χ1v) is 8.49. The number of aryl methyl sites for hydroxylation is 1. The summed E-state index contributed by atoms with van der Waals surface area (Å²) in [5, 5.41) is 13.6. The van der Waals surface area contributed by atoms with E-state index in [2.05, 4.69) is 30.4 Å². The average molecular weight is 289 g/mol. The molecule has 3 heteroatoms. The smallest absolute Gasteiger partial charge is 0.124 e. The number of hydrogen-bond donors (Lipinski definition) is 2. The van der Waals surface area contributed by atoms with Gasteiger partial charge in [0.05, 0.1) is 6.10 Å². The first-order valence-electron chi connectivity index (χ1n) is 8.49. The van der Waals surface area contributed by atoms with Gasteiger partial charge in [0.1, 0.15) is 11.9 Å². The summed E-state index contributed by atoms with van der Waals surface area (Å²) in [5.74, 6) is 0.927. The van der Waals surface area contributed by atoms with Gasteiger partial charge in [-0.25, -0.2) is 0 Å². The lowest BCUT2D eigenvalue weighted by Gasteiger charge is -2.28. The molecule has 1 aromatic rings. The van der Waals surface area contributed by atoms with E-state index in [4.69, 9.17) is 4.74 Å². The quantitative estimate of drug-likeness (QED) is 0.873. The SMILES string of the molecule is CCCNC1CCc2cc(OC3CCCCC3O)ccc21. The van der Waals surface area contributed by atoms with Crippen LogP contribution in [-0.2, 0) is 6.42 Å². The third-order valence-electron chi connectivity index (χ3n) is 4.79.